The van der Waals surface area contributed by atoms with E-state index >= 15 is 0 Å². The predicted molar refractivity (Wildman–Crippen MR) is 99.0 cm³/mol. The zero-order valence-corrected chi connectivity index (χ0v) is 17.0. The van der Waals surface area contributed by atoms with Gasteiger partial charge in [-0.1, -0.05) is 0 Å². The van der Waals surface area contributed by atoms with Crippen molar-refractivity contribution >= 4 is 43.8 Å². The van der Waals surface area contributed by atoms with E-state index in [1.807, 2.05) is 6.92 Å². The average molecular weight is 418 g/mol. The number of piperazine rings is 1. The summed E-state index contributed by atoms with van der Waals surface area (Å²) in [5.74, 6) is 0.0396. The smallest absolute Gasteiger partial charge is 0.252 e. The Morgan fingerprint density at radius 3 is 2.67 bits per heavy atom. The fraction of sp³-hybridized carbons (Fsp3) is 0.692. The number of sulfonamides is 2. The van der Waals surface area contributed by atoms with Gasteiger partial charge in [-0.05, 0) is 32.4 Å². The van der Waals surface area contributed by atoms with Crippen molar-refractivity contribution in [3.8, 4) is 0 Å². The number of rotatable bonds is 7. The van der Waals surface area contributed by atoms with Gasteiger partial charge in [0.1, 0.15) is 4.21 Å². The first kappa shape index (κ1) is 21.8. The van der Waals surface area contributed by atoms with Crippen LogP contribution in [0.4, 0.5) is 0 Å². The van der Waals surface area contributed by atoms with Gasteiger partial charge in [0.2, 0.25) is 10.0 Å². The zero-order valence-electron chi connectivity index (χ0n) is 13.7. The van der Waals surface area contributed by atoms with Crippen molar-refractivity contribution in [2.45, 2.75) is 30.5 Å². The molecule has 1 atom stereocenters. The molecular formula is C13H24ClN3O4S3. The van der Waals surface area contributed by atoms with E-state index in [2.05, 4.69) is 10.0 Å². The summed E-state index contributed by atoms with van der Waals surface area (Å²) < 4.78 is 52.5. The molecule has 1 aliphatic rings. The lowest BCUT2D eigenvalue weighted by atomic mass is 10.3. The molecule has 0 aromatic carbocycles. The third-order valence-electron chi connectivity index (χ3n) is 3.71. The molecule has 1 aromatic heterocycles. The highest BCUT2D eigenvalue weighted by Gasteiger charge is 2.31. The molecule has 0 bridgehead atoms. The molecule has 11 heteroatoms. The van der Waals surface area contributed by atoms with Crippen LogP contribution in [0.5, 0.6) is 0 Å². The van der Waals surface area contributed by atoms with Crippen LogP contribution in [-0.4, -0.2) is 59.1 Å². The highest BCUT2D eigenvalue weighted by molar-refractivity contribution is 7.91. The van der Waals surface area contributed by atoms with Crippen molar-refractivity contribution in [2.75, 3.05) is 31.9 Å². The second-order valence-electron chi connectivity index (χ2n) is 5.44. The Hall–Kier alpha value is -0.230. The SMILES string of the molecule is CCS(=O)(=O)NCCc1ccc(S(=O)(=O)N2CCNCC2C)s1.Cl. The summed E-state index contributed by atoms with van der Waals surface area (Å²) in [5.41, 5.74) is 0. The Bertz CT molecular complexity index is 733. The summed E-state index contributed by atoms with van der Waals surface area (Å²) in [6.45, 7) is 5.51. The number of nitrogens with zero attached hydrogens (tertiary/aromatic N) is 1. The minimum atomic E-state index is -3.48. The van der Waals surface area contributed by atoms with Gasteiger partial charge in [0.25, 0.3) is 10.0 Å². The standard InChI is InChI=1S/C13H23N3O4S3.ClH/c1-3-22(17,18)15-7-6-12-4-5-13(21-12)23(19,20)16-9-8-14-10-11(16)2;/h4-5,11,14-15H,3,6-10H2,1-2H3;1H. The number of nitrogens with one attached hydrogen (secondary N) is 2. The minimum Gasteiger partial charge on any atom is -0.314 e. The van der Waals surface area contributed by atoms with E-state index in [0.717, 1.165) is 4.88 Å². The molecule has 1 saturated heterocycles. The van der Waals surface area contributed by atoms with Gasteiger partial charge in [-0.3, -0.25) is 0 Å². The maximum atomic E-state index is 12.7. The van der Waals surface area contributed by atoms with Crippen LogP contribution in [0.1, 0.15) is 18.7 Å². The van der Waals surface area contributed by atoms with Crippen LogP contribution in [0, 0.1) is 0 Å². The molecule has 2 heterocycles. The van der Waals surface area contributed by atoms with Crippen LogP contribution < -0.4 is 10.0 Å². The predicted octanol–water partition coefficient (Wildman–Crippen LogP) is 0.634. The summed E-state index contributed by atoms with van der Waals surface area (Å²) >= 11 is 1.21. The maximum Gasteiger partial charge on any atom is 0.252 e. The molecule has 140 valence electrons. The highest BCUT2D eigenvalue weighted by atomic mass is 35.5. The lowest BCUT2D eigenvalue weighted by molar-refractivity contribution is 0.284. The van der Waals surface area contributed by atoms with Crippen LogP contribution in [-0.2, 0) is 26.5 Å². The Labute approximate surface area is 154 Å². The molecule has 0 radical (unpaired) electrons. The summed E-state index contributed by atoms with van der Waals surface area (Å²) in [7, 11) is -6.69. The molecule has 0 amide bonds. The highest BCUT2D eigenvalue weighted by Crippen LogP contribution is 2.26. The van der Waals surface area contributed by atoms with Gasteiger partial charge in [-0.2, -0.15) is 4.31 Å². The van der Waals surface area contributed by atoms with Crippen molar-refractivity contribution in [1.29, 1.82) is 0 Å². The first-order valence-corrected chi connectivity index (χ1v) is 11.5. The second kappa shape index (κ2) is 8.93. The van der Waals surface area contributed by atoms with Gasteiger partial charge >= 0.3 is 0 Å². The number of hydrogen-bond acceptors (Lipinski definition) is 6. The molecule has 1 unspecified atom stereocenters. The molecule has 0 saturated carbocycles. The third-order valence-corrected chi connectivity index (χ3v) is 8.74. The van der Waals surface area contributed by atoms with Crippen molar-refractivity contribution in [3.05, 3.63) is 17.0 Å². The van der Waals surface area contributed by atoms with E-state index in [-0.39, 0.29) is 30.7 Å². The third kappa shape index (κ3) is 5.38. The maximum absolute atomic E-state index is 12.7. The summed E-state index contributed by atoms with van der Waals surface area (Å²) in [5, 5.41) is 3.17. The number of thiophene rings is 1. The number of hydrogen-bond donors (Lipinski definition) is 2. The molecule has 0 spiro atoms. The lowest BCUT2D eigenvalue weighted by Crippen LogP contribution is -2.51. The molecule has 2 rings (SSSR count). The van der Waals surface area contributed by atoms with Crippen molar-refractivity contribution in [3.63, 3.8) is 0 Å². The summed E-state index contributed by atoms with van der Waals surface area (Å²) in [6, 6.07) is 3.29. The normalized spacial score (nSPS) is 19.8. The topological polar surface area (TPSA) is 95.6 Å². The van der Waals surface area contributed by atoms with E-state index in [0.29, 0.717) is 30.3 Å². The van der Waals surface area contributed by atoms with Crippen LogP contribution in [0.2, 0.25) is 0 Å². The zero-order chi connectivity index (χ0) is 17.1. The van der Waals surface area contributed by atoms with E-state index in [1.54, 1.807) is 19.1 Å². The Morgan fingerprint density at radius 1 is 1.33 bits per heavy atom. The molecule has 2 N–H and O–H groups in total. The van der Waals surface area contributed by atoms with Crippen LogP contribution in [0.25, 0.3) is 0 Å². The summed E-state index contributed by atoms with van der Waals surface area (Å²) in [4.78, 5) is 0.852. The minimum absolute atomic E-state index is 0. The fourth-order valence-corrected chi connectivity index (χ4v) is 6.09. The number of halogens is 1. The molecule has 0 aliphatic carbocycles. The van der Waals surface area contributed by atoms with E-state index in [9.17, 15) is 16.8 Å². The van der Waals surface area contributed by atoms with Gasteiger partial charge in [-0.15, -0.1) is 23.7 Å². The first-order chi connectivity index (χ1) is 10.8. The quantitative estimate of drug-likeness (QED) is 0.678. The van der Waals surface area contributed by atoms with Crippen LogP contribution in [0.15, 0.2) is 16.3 Å². The van der Waals surface area contributed by atoms with Crippen LogP contribution >= 0.6 is 23.7 Å². The Morgan fingerprint density at radius 2 is 2.04 bits per heavy atom. The largest absolute Gasteiger partial charge is 0.314 e. The Kier molecular flexibility index (Phi) is 8.11. The van der Waals surface area contributed by atoms with Crippen LogP contribution in [0.3, 0.4) is 0 Å². The van der Waals surface area contributed by atoms with E-state index in [4.69, 9.17) is 0 Å². The molecule has 24 heavy (non-hydrogen) atoms. The molecular weight excluding hydrogens is 394 g/mol. The lowest BCUT2D eigenvalue weighted by Gasteiger charge is -2.32. The molecule has 1 fully saturated rings. The van der Waals surface area contributed by atoms with Crippen molar-refractivity contribution in [1.82, 2.24) is 14.3 Å². The molecule has 7 nitrogen and oxygen atoms in total. The van der Waals surface area contributed by atoms with Crippen molar-refractivity contribution in [2.24, 2.45) is 0 Å². The fourth-order valence-electron chi connectivity index (χ4n) is 2.36. The van der Waals surface area contributed by atoms with Gasteiger partial charge in [0.05, 0.1) is 5.75 Å². The first-order valence-electron chi connectivity index (χ1n) is 7.55. The van der Waals surface area contributed by atoms with Gasteiger partial charge in [0, 0.05) is 37.1 Å². The monoisotopic (exact) mass is 417 g/mol. The average Bonchev–Trinajstić information content (AvgIpc) is 2.97. The second-order valence-corrected chi connectivity index (χ2v) is 10.8. The van der Waals surface area contributed by atoms with Gasteiger partial charge < -0.3 is 5.32 Å². The van der Waals surface area contributed by atoms with Gasteiger partial charge in [0.15, 0.2) is 0 Å². The molecule has 1 aromatic rings. The van der Waals surface area contributed by atoms with Gasteiger partial charge in [-0.25, -0.2) is 21.6 Å². The molecule has 1 aliphatic heterocycles. The van der Waals surface area contributed by atoms with Crippen molar-refractivity contribution < 1.29 is 16.8 Å². The summed E-state index contributed by atoms with van der Waals surface area (Å²) in [6.07, 6.45) is 0.483. The Balaban J connectivity index is 0.00000288. The van der Waals surface area contributed by atoms with E-state index in [1.165, 1.54) is 15.6 Å². The van der Waals surface area contributed by atoms with E-state index < -0.39 is 20.0 Å².